The Bertz CT molecular complexity index is 2350. The first-order valence-corrected chi connectivity index (χ1v) is 20.0. The molecule has 63 heavy (non-hydrogen) atoms. The maximum Gasteiger partial charge on any atom is 0.408 e. The molecule has 0 bridgehead atoms. The molecule has 19 heteroatoms. The number of carbonyl (C=O) groups is 6. The first-order chi connectivity index (χ1) is 30.5. The Morgan fingerprint density at radius 3 is 1.90 bits per heavy atom. The molecule has 5 aromatic rings. The van der Waals surface area contributed by atoms with Gasteiger partial charge in [-0.05, 0) is 48.9 Å². The zero-order chi connectivity index (χ0) is 44.7. The highest BCUT2D eigenvalue weighted by atomic mass is 16.6. The van der Waals surface area contributed by atoms with Crippen LogP contribution in [-0.2, 0) is 56.0 Å². The lowest BCUT2D eigenvalue weighted by molar-refractivity contribution is -0.165. The van der Waals surface area contributed by atoms with Gasteiger partial charge in [-0.25, -0.2) is 29.3 Å². The van der Waals surface area contributed by atoms with Crippen molar-refractivity contribution in [1.29, 1.82) is 0 Å². The quantitative estimate of drug-likeness (QED) is 0.0762. The summed E-state index contributed by atoms with van der Waals surface area (Å²) >= 11 is 0. The normalized spacial score (nSPS) is 17.7. The Labute approximate surface area is 361 Å². The number of rotatable bonds is 18. The van der Waals surface area contributed by atoms with E-state index in [-0.39, 0.29) is 55.9 Å². The second kappa shape index (κ2) is 21.9. The van der Waals surface area contributed by atoms with Gasteiger partial charge in [-0.2, -0.15) is 0 Å². The Hall–Kier alpha value is -7.41. The average Bonchev–Trinajstić information content (AvgIpc) is 3.86. The first kappa shape index (κ1) is 45.1. The SMILES string of the molecule is COC(=O)C(CCC(CC[C@H]1O[C@@H](n2cnc3c(NC(=O)c4ccccc4)ncnc32)[C@H](OC(C)=O)[C@@H]1OC(C)=O)NC(=O)OCc1ccccc1)NC(=O)OCc1ccccc1. The number of benzene rings is 3. The zero-order valence-corrected chi connectivity index (χ0v) is 34.7. The number of imidazole rings is 1. The summed E-state index contributed by atoms with van der Waals surface area (Å²) in [6, 6.07) is 24.7. The van der Waals surface area contributed by atoms with Gasteiger partial charge in [0.25, 0.3) is 5.91 Å². The van der Waals surface area contributed by atoms with E-state index in [4.69, 9.17) is 28.4 Å². The van der Waals surface area contributed by atoms with Crippen molar-refractivity contribution in [1.82, 2.24) is 30.2 Å². The van der Waals surface area contributed by atoms with Gasteiger partial charge in [-0.15, -0.1) is 0 Å². The summed E-state index contributed by atoms with van der Waals surface area (Å²) in [6.45, 7) is 2.34. The number of aromatic nitrogens is 4. The number of esters is 3. The minimum absolute atomic E-state index is 0.00177. The number of alkyl carbamates (subject to hydrolysis) is 2. The van der Waals surface area contributed by atoms with Crippen LogP contribution < -0.4 is 16.0 Å². The third kappa shape index (κ3) is 12.6. The standard InChI is InChI=1S/C44H47N7O12/c1-27(52)61-36-34(63-41(37(36)62-28(2)53)51-26-47-35-38(45-25-46-39(35)51)50-40(54)31-17-11-6-12-18-31)22-20-32(48-43(56)59-23-29-13-7-4-8-14-29)19-21-33(42(55)58-3)49-44(57)60-24-30-15-9-5-10-16-30/h4-18,25-26,32-34,36-37,41H,19-24H2,1-3H3,(H,48,56)(H,49,57)(H,45,46,50,54)/t32?,33?,34-,36-,37-,41-/m1/s1. The Balaban J connectivity index is 1.21. The minimum Gasteiger partial charge on any atom is -0.467 e. The number of hydrogen-bond acceptors (Lipinski definition) is 15. The smallest absolute Gasteiger partial charge is 0.408 e. The maximum absolute atomic E-state index is 13.2. The van der Waals surface area contributed by atoms with E-state index in [9.17, 15) is 28.8 Å². The molecule has 0 radical (unpaired) electrons. The van der Waals surface area contributed by atoms with E-state index in [0.29, 0.717) is 5.56 Å². The summed E-state index contributed by atoms with van der Waals surface area (Å²) in [6.07, 6.45) is -3.07. The van der Waals surface area contributed by atoms with Gasteiger partial charge < -0.3 is 44.4 Å². The fraction of sp³-hybridized carbons (Fsp3) is 0.341. The largest absolute Gasteiger partial charge is 0.467 e. The fourth-order valence-corrected chi connectivity index (χ4v) is 6.97. The molecule has 1 aliphatic rings. The molecule has 2 unspecified atom stereocenters. The number of fused-ring (bicyclic) bond motifs is 1. The summed E-state index contributed by atoms with van der Waals surface area (Å²) in [5.41, 5.74) is 2.30. The third-order valence-corrected chi connectivity index (χ3v) is 9.92. The highest BCUT2D eigenvalue weighted by Crippen LogP contribution is 2.38. The zero-order valence-electron chi connectivity index (χ0n) is 34.7. The van der Waals surface area contributed by atoms with E-state index in [1.54, 1.807) is 66.7 Å². The summed E-state index contributed by atoms with van der Waals surface area (Å²) in [4.78, 5) is 90.0. The van der Waals surface area contributed by atoms with Gasteiger partial charge in [-0.1, -0.05) is 78.9 Å². The molecule has 6 rings (SSSR count). The van der Waals surface area contributed by atoms with E-state index in [1.165, 1.54) is 38.2 Å². The van der Waals surface area contributed by atoms with Crippen LogP contribution in [0.15, 0.2) is 104 Å². The van der Waals surface area contributed by atoms with Gasteiger partial charge in [0.2, 0.25) is 0 Å². The van der Waals surface area contributed by atoms with Gasteiger partial charge in [0, 0.05) is 25.5 Å². The number of nitrogens with one attached hydrogen (secondary N) is 3. The van der Waals surface area contributed by atoms with Gasteiger partial charge in [-0.3, -0.25) is 19.0 Å². The topological polar surface area (TPSA) is 237 Å². The molecule has 3 N–H and O–H groups in total. The second-order valence-corrected chi connectivity index (χ2v) is 14.4. The Kier molecular flexibility index (Phi) is 15.7. The van der Waals surface area contributed by atoms with E-state index in [2.05, 4.69) is 30.9 Å². The van der Waals surface area contributed by atoms with E-state index >= 15 is 0 Å². The van der Waals surface area contributed by atoms with Crippen molar-refractivity contribution in [2.75, 3.05) is 12.4 Å². The highest BCUT2D eigenvalue weighted by molar-refractivity contribution is 6.06. The van der Waals surface area contributed by atoms with Crippen LogP contribution >= 0.6 is 0 Å². The van der Waals surface area contributed by atoms with E-state index in [0.717, 1.165) is 11.1 Å². The second-order valence-electron chi connectivity index (χ2n) is 14.4. The predicted molar refractivity (Wildman–Crippen MR) is 222 cm³/mol. The van der Waals surface area contributed by atoms with Crippen LogP contribution in [0.3, 0.4) is 0 Å². The molecule has 0 spiro atoms. The first-order valence-electron chi connectivity index (χ1n) is 20.0. The van der Waals surface area contributed by atoms with Crippen molar-refractivity contribution in [3.63, 3.8) is 0 Å². The van der Waals surface area contributed by atoms with Crippen molar-refractivity contribution in [3.8, 4) is 0 Å². The number of carbonyl (C=O) groups excluding carboxylic acids is 6. The monoisotopic (exact) mass is 865 g/mol. The number of methoxy groups -OCH3 is 1. The molecule has 6 atom stereocenters. The van der Waals surface area contributed by atoms with E-state index < -0.39 is 72.6 Å². The van der Waals surface area contributed by atoms with Crippen molar-refractivity contribution in [2.45, 2.75) is 89.4 Å². The molecule has 1 fully saturated rings. The number of hydrogen-bond donors (Lipinski definition) is 3. The van der Waals surface area contributed by atoms with Crippen LogP contribution in [-0.4, -0.2) is 93.0 Å². The minimum atomic E-state index is -1.21. The molecule has 330 valence electrons. The number of amides is 3. The lowest BCUT2D eigenvalue weighted by Gasteiger charge is -2.25. The van der Waals surface area contributed by atoms with Crippen LogP contribution in [0.5, 0.6) is 0 Å². The van der Waals surface area contributed by atoms with Crippen molar-refractivity contribution >= 4 is 53.0 Å². The van der Waals surface area contributed by atoms with Gasteiger partial charge >= 0.3 is 30.1 Å². The Morgan fingerprint density at radius 2 is 1.30 bits per heavy atom. The summed E-state index contributed by atoms with van der Waals surface area (Å²) < 4.78 is 35.3. The lowest BCUT2D eigenvalue weighted by Crippen LogP contribution is -2.44. The molecule has 2 aromatic heterocycles. The molecule has 3 amide bonds. The number of ether oxygens (including phenoxy) is 6. The third-order valence-electron chi connectivity index (χ3n) is 9.92. The van der Waals surface area contributed by atoms with Crippen LogP contribution in [0, 0.1) is 0 Å². The number of nitrogens with zero attached hydrogens (tertiary/aromatic N) is 4. The van der Waals surface area contributed by atoms with Crippen molar-refractivity contribution in [2.24, 2.45) is 0 Å². The molecule has 1 aliphatic heterocycles. The van der Waals surface area contributed by atoms with E-state index in [1.807, 2.05) is 24.3 Å². The van der Waals surface area contributed by atoms with Gasteiger partial charge in [0.05, 0.1) is 13.4 Å². The molecular weight excluding hydrogens is 819 g/mol. The predicted octanol–water partition coefficient (Wildman–Crippen LogP) is 5.16. The maximum atomic E-state index is 13.2. The van der Waals surface area contributed by atoms with Crippen LogP contribution in [0.2, 0.25) is 0 Å². The van der Waals surface area contributed by atoms with Crippen LogP contribution in [0.4, 0.5) is 15.4 Å². The molecule has 0 saturated carbocycles. The van der Waals surface area contributed by atoms with Crippen LogP contribution in [0.25, 0.3) is 11.2 Å². The highest BCUT2D eigenvalue weighted by Gasteiger charge is 2.50. The van der Waals surface area contributed by atoms with Crippen molar-refractivity contribution in [3.05, 3.63) is 120 Å². The van der Waals surface area contributed by atoms with Gasteiger partial charge in [0.15, 0.2) is 35.4 Å². The fourth-order valence-electron chi connectivity index (χ4n) is 6.97. The summed E-state index contributed by atoms with van der Waals surface area (Å²) in [5.74, 6) is -2.43. The lowest BCUT2D eigenvalue weighted by atomic mass is 9.98. The molecule has 0 aliphatic carbocycles. The molecule has 19 nitrogen and oxygen atoms in total. The summed E-state index contributed by atoms with van der Waals surface area (Å²) in [5, 5.41) is 8.14. The molecule has 1 saturated heterocycles. The Morgan fingerprint density at radius 1 is 0.714 bits per heavy atom. The van der Waals surface area contributed by atoms with Crippen molar-refractivity contribution < 1.29 is 57.2 Å². The van der Waals surface area contributed by atoms with Gasteiger partial charge in [0.1, 0.15) is 31.7 Å². The number of anilines is 1. The average molecular weight is 866 g/mol. The summed E-state index contributed by atoms with van der Waals surface area (Å²) in [7, 11) is 1.18. The molecule has 3 heterocycles. The molecular formula is C44H47N7O12. The van der Waals surface area contributed by atoms with Crippen LogP contribution in [0.1, 0.15) is 67.2 Å². The molecule has 3 aromatic carbocycles.